The van der Waals surface area contributed by atoms with Crippen LogP contribution in [0.3, 0.4) is 0 Å². The molecule has 0 amide bonds. The summed E-state index contributed by atoms with van der Waals surface area (Å²) < 4.78 is 0. The van der Waals surface area contributed by atoms with Crippen LogP contribution in [0.2, 0.25) is 0 Å². The lowest BCUT2D eigenvalue weighted by molar-refractivity contribution is 0.567. The number of hydrogen-bond acceptors (Lipinski definition) is 2. The van der Waals surface area contributed by atoms with Gasteiger partial charge in [0.15, 0.2) is 0 Å². The summed E-state index contributed by atoms with van der Waals surface area (Å²) in [6.07, 6.45) is 2.70. The number of H-pyrrole nitrogens is 1. The molecule has 2 heterocycles. The van der Waals surface area contributed by atoms with Gasteiger partial charge in [0.2, 0.25) is 0 Å². The van der Waals surface area contributed by atoms with E-state index < -0.39 is 0 Å². The van der Waals surface area contributed by atoms with Gasteiger partial charge in [-0.3, -0.25) is 10.1 Å². The first-order valence-corrected chi connectivity index (χ1v) is 7.16. The zero-order valence-corrected chi connectivity index (χ0v) is 13.4. The quantitative estimate of drug-likeness (QED) is 0.897. The van der Waals surface area contributed by atoms with Gasteiger partial charge in [-0.2, -0.15) is 5.10 Å². The van der Waals surface area contributed by atoms with Crippen molar-refractivity contribution in [2.45, 2.75) is 58.8 Å². The zero-order valence-electron chi connectivity index (χ0n) is 13.4. The third-order valence-corrected chi connectivity index (χ3v) is 3.45. The molecule has 0 atom stereocenters. The third-order valence-electron chi connectivity index (χ3n) is 3.45. The fourth-order valence-electron chi connectivity index (χ4n) is 2.07. The van der Waals surface area contributed by atoms with Crippen molar-refractivity contribution in [3.8, 4) is 0 Å². The van der Waals surface area contributed by atoms with Crippen LogP contribution in [0.15, 0.2) is 24.4 Å². The fraction of sp³-hybridized carbons (Fsp3) is 0.529. The van der Waals surface area contributed by atoms with Crippen molar-refractivity contribution in [1.29, 1.82) is 0 Å². The molecule has 2 rings (SSSR count). The van der Waals surface area contributed by atoms with Crippen molar-refractivity contribution in [2.75, 3.05) is 0 Å². The van der Waals surface area contributed by atoms with Gasteiger partial charge < -0.3 is 0 Å². The summed E-state index contributed by atoms with van der Waals surface area (Å²) in [4.78, 5) is 4.47. The zero-order chi connectivity index (χ0) is 15.0. The van der Waals surface area contributed by atoms with E-state index in [2.05, 4.69) is 74.9 Å². The molecular weight excluding hydrogens is 246 g/mol. The smallest absolute Gasteiger partial charge is 0.0678 e. The molecule has 0 unspecified atom stereocenters. The van der Waals surface area contributed by atoms with E-state index in [1.807, 2.05) is 6.20 Å². The lowest BCUT2D eigenvalue weighted by atomic mass is 9.87. The van der Waals surface area contributed by atoms with Crippen molar-refractivity contribution in [1.82, 2.24) is 15.2 Å². The normalized spacial score (nSPS) is 12.7. The molecule has 0 aromatic carbocycles. The van der Waals surface area contributed by atoms with Gasteiger partial charge in [-0.15, -0.1) is 0 Å². The largest absolute Gasteiger partial charge is 0.282 e. The van der Waals surface area contributed by atoms with Gasteiger partial charge in [0.1, 0.15) is 0 Å². The van der Waals surface area contributed by atoms with Crippen LogP contribution in [0.4, 0.5) is 0 Å². The first-order chi connectivity index (χ1) is 9.16. The van der Waals surface area contributed by atoms with Crippen LogP contribution in [-0.2, 0) is 17.3 Å². The molecule has 108 valence electrons. The first-order valence-electron chi connectivity index (χ1n) is 7.16. The van der Waals surface area contributed by atoms with Crippen molar-refractivity contribution in [3.63, 3.8) is 0 Å². The van der Waals surface area contributed by atoms with Crippen molar-refractivity contribution in [2.24, 2.45) is 0 Å². The molecule has 0 saturated heterocycles. The summed E-state index contributed by atoms with van der Waals surface area (Å²) in [5.74, 6) is 0. The third kappa shape index (κ3) is 3.47. The Morgan fingerprint density at radius 3 is 2.25 bits per heavy atom. The van der Waals surface area contributed by atoms with Crippen LogP contribution >= 0.6 is 0 Å². The predicted octanol–water partition coefficient (Wildman–Crippen LogP) is 3.99. The molecule has 3 heteroatoms. The molecule has 1 N–H and O–H groups in total. The highest BCUT2D eigenvalue weighted by molar-refractivity contribution is 5.27. The van der Waals surface area contributed by atoms with Crippen LogP contribution in [0, 0.1) is 0 Å². The van der Waals surface area contributed by atoms with Crippen LogP contribution in [0.25, 0.3) is 0 Å². The molecule has 0 bridgehead atoms. The average Bonchev–Trinajstić information content (AvgIpc) is 2.76. The highest BCUT2D eigenvalue weighted by Crippen LogP contribution is 2.24. The lowest BCUT2D eigenvalue weighted by Crippen LogP contribution is -2.12. The van der Waals surface area contributed by atoms with E-state index in [1.165, 1.54) is 5.56 Å². The lowest BCUT2D eigenvalue weighted by Gasteiger charge is -2.19. The summed E-state index contributed by atoms with van der Waals surface area (Å²) in [7, 11) is 0. The van der Waals surface area contributed by atoms with Gasteiger partial charge in [-0.1, -0.05) is 41.5 Å². The van der Waals surface area contributed by atoms with Gasteiger partial charge in [-0.05, 0) is 29.2 Å². The minimum absolute atomic E-state index is 0.0788. The highest BCUT2D eigenvalue weighted by Gasteiger charge is 2.18. The Balaban J connectivity index is 2.20. The summed E-state index contributed by atoms with van der Waals surface area (Å²) >= 11 is 0. The van der Waals surface area contributed by atoms with Gasteiger partial charge in [0.05, 0.1) is 5.69 Å². The minimum Gasteiger partial charge on any atom is -0.282 e. The van der Waals surface area contributed by atoms with E-state index in [0.717, 1.165) is 23.5 Å². The van der Waals surface area contributed by atoms with Crippen LogP contribution in [0.5, 0.6) is 0 Å². The number of aromatic amines is 1. The Hall–Kier alpha value is -1.64. The van der Waals surface area contributed by atoms with E-state index in [1.54, 1.807) is 0 Å². The van der Waals surface area contributed by atoms with E-state index in [9.17, 15) is 0 Å². The second-order valence-corrected chi connectivity index (χ2v) is 7.49. The Morgan fingerprint density at radius 1 is 1.00 bits per heavy atom. The van der Waals surface area contributed by atoms with Crippen molar-refractivity contribution < 1.29 is 0 Å². The van der Waals surface area contributed by atoms with E-state index in [0.29, 0.717) is 0 Å². The second kappa shape index (κ2) is 5.04. The van der Waals surface area contributed by atoms with Crippen molar-refractivity contribution >= 4 is 0 Å². The summed E-state index contributed by atoms with van der Waals surface area (Å²) in [5.41, 5.74) is 4.85. The van der Waals surface area contributed by atoms with Crippen LogP contribution in [0.1, 0.15) is 64.2 Å². The Bertz CT molecular complexity index is 583. The molecule has 0 spiro atoms. The number of hydrogen-bond donors (Lipinski definition) is 1. The number of aromatic nitrogens is 3. The Labute approximate surface area is 121 Å². The van der Waals surface area contributed by atoms with E-state index in [4.69, 9.17) is 0 Å². The van der Waals surface area contributed by atoms with Gasteiger partial charge in [0.25, 0.3) is 0 Å². The average molecular weight is 271 g/mol. The van der Waals surface area contributed by atoms with Crippen LogP contribution in [-0.4, -0.2) is 15.2 Å². The topological polar surface area (TPSA) is 41.6 Å². The number of rotatable bonds is 2. The highest BCUT2D eigenvalue weighted by atomic mass is 15.1. The van der Waals surface area contributed by atoms with Gasteiger partial charge >= 0.3 is 0 Å². The van der Waals surface area contributed by atoms with Gasteiger partial charge in [-0.25, -0.2) is 0 Å². The predicted molar refractivity (Wildman–Crippen MR) is 83.0 cm³/mol. The maximum absolute atomic E-state index is 4.47. The Kier molecular flexibility index (Phi) is 3.72. The summed E-state index contributed by atoms with van der Waals surface area (Å²) in [6.45, 7) is 13.2. The Morgan fingerprint density at radius 2 is 1.70 bits per heavy atom. The number of pyridine rings is 1. The maximum Gasteiger partial charge on any atom is 0.0678 e. The van der Waals surface area contributed by atoms with E-state index in [-0.39, 0.29) is 10.8 Å². The first kappa shape index (κ1) is 14.8. The molecule has 2 aromatic rings. The number of nitrogens with one attached hydrogen (secondary N) is 1. The molecule has 0 aliphatic heterocycles. The molecule has 0 saturated carbocycles. The molecule has 0 aliphatic rings. The molecule has 20 heavy (non-hydrogen) atoms. The molecule has 0 aliphatic carbocycles. The molecule has 0 radical (unpaired) electrons. The minimum atomic E-state index is 0.0788. The fourth-order valence-corrected chi connectivity index (χ4v) is 2.07. The summed E-state index contributed by atoms with van der Waals surface area (Å²) in [5, 5.41) is 7.53. The van der Waals surface area contributed by atoms with Crippen molar-refractivity contribution in [3.05, 3.63) is 47.0 Å². The molecule has 2 aromatic heterocycles. The molecule has 0 fully saturated rings. The summed E-state index contributed by atoms with van der Waals surface area (Å²) in [6, 6.07) is 6.43. The maximum atomic E-state index is 4.47. The number of nitrogens with zero attached hydrogens (tertiary/aromatic N) is 2. The molecular formula is C17H25N3. The van der Waals surface area contributed by atoms with Crippen LogP contribution < -0.4 is 0 Å². The van der Waals surface area contributed by atoms with E-state index >= 15 is 0 Å². The monoisotopic (exact) mass is 271 g/mol. The van der Waals surface area contributed by atoms with Gasteiger partial charge in [0, 0.05) is 29.4 Å². The molecule has 3 nitrogen and oxygen atoms in total. The second-order valence-electron chi connectivity index (χ2n) is 7.49. The SMILES string of the molecule is CC(C)(C)c1ccnc(Cc2cc(C(C)(C)C)n[nH]2)c1. The standard InChI is InChI=1S/C17H25N3/c1-16(2,3)12-7-8-18-13(9-12)10-14-11-15(20-19-14)17(4,5)6/h7-9,11H,10H2,1-6H3,(H,19,20).